The van der Waals surface area contributed by atoms with Crippen LogP contribution in [0.4, 0.5) is 0 Å². The monoisotopic (exact) mass is 464 g/mol. The molecule has 8 heteroatoms. The molecule has 1 aliphatic rings. The van der Waals surface area contributed by atoms with Crippen LogP contribution >= 0.6 is 24.8 Å². The number of hydrogen-bond donors (Lipinski definition) is 1. The van der Waals surface area contributed by atoms with Crippen LogP contribution in [0.25, 0.3) is 11.0 Å². The first-order chi connectivity index (χ1) is 14.2. The number of amides is 1. The second-order valence-corrected chi connectivity index (χ2v) is 7.61. The Kier molecular flexibility index (Phi) is 9.32. The molecule has 2 N–H and O–H groups in total. The molecule has 2 aromatic heterocycles. The van der Waals surface area contributed by atoms with Gasteiger partial charge in [-0.2, -0.15) is 0 Å². The van der Waals surface area contributed by atoms with Crippen LogP contribution in [0.15, 0.2) is 48.7 Å². The third kappa shape index (κ3) is 5.39. The predicted octanol–water partition coefficient (Wildman–Crippen LogP) is 4.00. The van der Waals surface area contributed by atoms with E-state index in [1.54, 1.807) is 13.3 Å². The molecule has 1 saturated heterocycles. The van der Waals surface area contributed by atoms with Crippen molar-refractivity contribution in [2.75, 3.05) is 26.8 Å². The van der Waals surface area contributed by atoms with E-state index in [2.05, 4.69) is 29.2 Å². The molecule has 0 radical (unpaired) electrons. The standard InChI is InChI=1S/C23H28N4O2.2ClH/c1-29-13-12-27-21(15-20-6-3-9-25-22(20)27)23(28)26-10-7-18(8-11-26)19-5-2-4-17(14-19)16-24;;/h2-6,9,14-15,18H,7-8,10-13,16,24H2,1H3;2*1H. The largest absolute Gasteiger partial charge is 0.383 e. The summed E-state index contributed by atoms with van der Waals surface area (Å²) in [6, 6.07) is 14.4. The van der Waals surface area contributed by atoms with Gasteiger partial charge < -0.3 is 19.9 Å². The van der Waals surface area contributed by atoms with Crippen molar-refractivity contribution in [3.8, 4) is 0 Å². The summed E-state index contributed by atoms with van der Waals surface area (Å²) in [5.74, 6) is 0.555. The van der Waals surface area contributed by atoms with Crippen LogP contribution in [0.2, 0.25) is 0 Å². The van der Waals surface area contributed by atoms with Gasteiger partial charge in [0.15, 0.2) is 0 Å². The lowest BCUT2D eigenvalue weighted by molar-refractivity contribution is 0.0700. The average Bonchev–Trinajstić information content (AvgIpc) is 3.16. The van der Waals surface area contributed by atoms with E-state index in [9.17, 15) is 4.79 Å². The lowest BCUT2D eigenvalue weighted by Gasteiger charge is -2.32. The van der Waals surface area contributed by atoms with E-state index in [0.717, 1.165) is 42.5 Å². The molecule has 1 aromatic carbocycles. The number of carbonyl (C=O) groups excluding carboxylic acids is 1. The molecule has 6 nitrogen and oxygen atoms in total. The minimum Gasteiger partial charge on any atom is -0.383 e. The molecule has 168 valence electrons. The smallest absolute Gasteiger partial charge is 0.270 e. The van der Waals surface area contributed by atoms with E-state index in [1.807, 2.05) is 27.7 Å². The summed E-state index contributed by atoms with van der Waals surface area (Å²) in [6.07, 6.45) is 3.70. The van der Waals surface area contributed by atoms with Gasteiger partial charge in [-0.1, -0.05) is 24.3 Å². The van der Waals surface area contributed by atoms with E-state index in [-0.39, 0.29) is 30.7 Å². The molecule has 0 aliphatic carbocycles. The minimum atomic E-state index is 0. The number of fused-ring (bicyclic) bond motifs is 1. The number of ether oxygens (including phenoxy) is 1. The van der Waals surface area contributed by atoms with Gasteiger partial charge in [-0.25, -0.2) is 4.98 Å². The number of nitrogens with two attached hydrogens (primary N) is 1. The molecule has 0 unspecified atom stereocenters. The van der Waals surface area contributed by atoms with E-state index in [4.69, 9.17) is 10.5 Å². The highest BCUT2D eigenvalue weighted by atomic mass is 35.5. The molecule has 0 atom stereocenters. The number of nitrogens with zero attached hydrogens (tertiary/aromatic N) is 3. The van der Waals surface area contributed by atoms with E-state index in [1.165, 1.54) is 5.56 Å². The number of rotatable bonds is 6. The Morgan fingerprint density at radius 1 is 1.16 bits per heavy atom. The highest BCUT2D eigenvalue weighted by molar-refractivity contribution is 5.98. The van der Waals surface area contributed by atoms with Crippen LogP contribution in [-0.4, -0.2) is 47.2 Å². The minimum absolute atomic E-state index is 0. The fourth-order valence-electron chi connectivity index (χ4n) is 4.22. The third-order valence-corrected chi connectivity index (χ3v) is 5.83. The van der Waals surface area contributed by atoms with Gasteiger partial charge in [0.1, 0.15) is 11.3 Å². The highest BCUT2D eigenvalue weighted by Crippen LogP contribution is 2.30. The van der Waals surface area contributed by atoms with Gasteiger partial charge in [0.05, 0.1) is 6.61 Å². The number of piperidine rings is 1. The SMILES string of the molecule is COCCn1c(C(=O)N2CCC(c3cccc(CN)c3)CC2)cc2cccnc21.Cl.Cl. The maximum atomic E-state index is 13.3. The van der Waals surface area contributed by atoms with Crippen molar-refractivity contribution in [3.05, 3.63) is 65.5 Å². The molecule has 0 bridgehead atoms. The first kappa shape index (κ1) is 25.1. The van der Waals surface area contributed by atoms with Crippen LogP contribution in [0, 0.1) is 0 Å². The molecular weight excluding hydrogens is 435 g/mol. The number of methoxy groups -OCH3 is 1. The summed E-state index contributed by atoms with van der Waals surface area (Å²) < 4.78 is 7.23. The Morgan fingerprint density at radius 3 is 2.65 bits per heavy atom. The van der Waals surface area contributed by atoms with Crippen molar-refractivity contribution in [1.82, 2.24) is 14.5 Å². The number of likely N-dealkylation sites (tertiary alicyclic amines) is 1. The highest BCUT2D eigenvalue weighted by Gasteiger charge is 2.27. The molecule has 3 heterocycles. The molecule has 1 amide bonds. The Hall–Kier alpha value is -2.12. The summed E-state index contributed by atoms with van der Waals surface area (Å²) in [5.41, 5.74) is 9.81. The zero-order valence-electron chi connectivity index (χ0n) is 17.7. The number of aromatic nitrogens is 2. The summed E-state index contributed by atoms with van der Waals surface area (Å²) in [6.45, 7) is 3.23. The molecular formula is C23H30Cl2N4O2. The van der Waals surface area contributed by atoms with E-state index < -0.39 is 0 Å². The summed E-state index contributed by atoms with van der Waals surface area (Å²) in [7, 11) is 1.67. The first-order valence-electron chi connectivity index (χ1n) is 10.2. The summed E-state index contributed by atoms with van der Waals surface area (Å²) in [4.78, 5) is 19.8. The van der Waals surface area contributed by atoms with Crippen molar-refractivity contribution in [1.29, 1.82) is 0 Å². The second kappa shape index (κ2) is 11.5. The lowest BCUT2D eigenvalue weighted by Crippen LogP contribution is -2.39. The number of benzene rings is 1. The van der Waals surface area contributed by atoms with E-state index in [0.29, 0.717) is 31.3 Å². The number of halogens is 2. The molecule has 4 rings (SSSR count). The zero-order valence-corrected chi connectivity index (χ0v) is 19.3. The van der Waals surface area contributed by atoms with Crippen LogP contribution in [0.3, 0.4) is 0 Å². The lowest BCUT2D eigenvalue weighted by atomic mass is 9.88. The van der Waals surface area contributed by atoms with Gasteiger partial charge in [0.25, 0.3) is 5.91 Å². The van der Waals surface area contributed by atoms with Gasteiger partial charge in [-0.3, -0.25) is 4.79 Å². The van der Waals surface area contributed by atoms with Crippen molar-refractivity contribution in [3.63, 3.8) is 0 Å². The number of carbonyl (C=O) groups is 1. The second-order valence-electron chi connectivity index (χ2n) is 7.61. The number of hydrogen-bond acceptors (Lipinski definition) is 4. The summed E-state index contributed by atoms with van der Waals surface area (Å²) in [5, 5.41) is 0.987. The van der Waals surface area contributed by atoms with Gasteiger partial charge in [0, 0.05) is 44.9 Å². The zero-order chi connectivity index (χ0) is 20.2. The Morgan fingerprint density at radius 2 is 1.94 bits per heavy atom. The topological polar surface area (TPSA) is 73.4 Å². The van der Waals surface area contributed by atoms with Gasteiger partial charge >= 0.3 is 0 Å². The molecule has 0 spiro atoms. The van der Waals surface area contributed by atoms with Crippen LogP contribution < -0.4 is 5.73 Å². The van der Waals surface area contributed by atoms with Gasteiger partial charge in [-0.15, -0.1) is 24.8 Å². The van der Waals surface area contributed by atoms with Gasteiger partial charge in [0.2, 0.25) is 0 Å². The van der Waals surface area contributed by atoms with E-state index >= 15 is 0 Å². The predicted molar refractivity (Wildman–Crippen MR) is 128 cm³/mol. The average molecular weight is 465 g/mol. The van der Waals surface area contributed by atoms with Crippen LogP contribution in [0.1, 0.15) is 40.4 Å². The van der Waals surface area contributed by atoms with Crippen molar-refractivity contribution in [2.24, 2.45) is 5.73 Å². The van der Waals surface area contributed by atoms with Crippen LogP contribution in [-0.2, 0) is 17.8 Å². The van der Waals surface area contributed by atoms with Gasteiger partial charge in [-0.05, 0) is 48.1 Å². The van der Waals surface area contributed by atoms with Crippen molar-refractivity contribution >= 4 is 41.8 Å². The van der Waals surface area contributed by atoms with Crippen LogP contribution in [0.5, 0.6) is 0 Å². The molecule has 1 aliphatic heterocycles. The Labute approximate surface area is 195 Å². The normalized spacial score (nSPS) is 14.2. The quantitative estimate of drug-likeness (QED) is 0.597. The number of pyridine rings is 1. The molecule has 3 aromatic rings. The Balaban J connectivity index is 0.00000171. The fraction of sp³-hybridized carbons (Fsp3) is 0.391. The molecule has 1 fully saturated rings. The molecule has 0 saturated carbocycles. The summed E-state index contributed by atoms with van der Waals surface area (Å²) >= 11 is 0. The first-order valence-corrected chi connectivity index (χ1v) is 10.2. The third-order valence-electron chi connectivity index (χ3n) is 5.83. The molecule has 31 heavy (non-hydrogen) atoms. The van der Waals surface area contributed by atoms with Crippen molar-refractivity contribution < 1.29 is 9.53 Å². The Bertz CT molecular complexity index is 1000. The van der Waals surface area contributed by atoms with Crippen molar-refractivity contribution in [2.45, 2.75) is 31.8 Å². The maximum absolute atomic E-state index is 13.3. The fourth-order valence-corrected chi connectivity index (χ4v) is 4.22. The maximum Gasteiger partial charge on any atom is 0.270 e.